The first kappa shape index (κ1) is 13.5. The van der Waals surface area contributed by atoms with Gasteiger partial charge in [-0.2, -0.15) is 0 Å². The largest absolute Gasteiger partial charge is 0.313 e. The lowest BCUT2D eigenvalue weighted by molar-refractivity contribution is 0.244. The maximum absolute atomic E-state index is 5.30. The SMILES string of the molecule is C#CCCCN(CCCC)CC1CCCN1. The molecule has 1 atom stereocenters. The second-order valence-electron chi connectivity index (χ2n) is 4.76. The van der Waals surface area contributed by atoms with Gasteiger partial charge in [0.15, 0.2) is 0 Å². The molecule has 2 nitrogen and oxygen atoms in total. The van der Waals surface area contributed by atoms with Gasteiger partial charge in [-0.05, 0) is 45.3 Å². The minimum Gasteiger partial charge on any atom is -0.313 e. The third kappa shape index (κ3) is 5.53. The molecule has 0 aromatic rings. The molecule has 1 heterocycles. The van der Waals surface area contributed by atoms with E-state index in [0.717, 1.165) is 18.9 Å². The molecular weight excluding hydrogens is 196 g/mol. The molecule has 0 aromatic heterocycles. The van der Waals surface area contributed by atoms with Crippen molar-refractivity contribution in [3.63, 3.8) is 0 Å². The van der Waals surface area contributed by atoms with Crippen molar-refractivity contribution in [2.24, 2.45) is 0 Å². The number of hydrogen-bond acceptors (Lipinski definition) is 2. The Bertz CT molecular complexity index is 201. The Morgan fingerprint density at radius 1 is 1.38 bits per heavy atom. The number of terminal acetylenes is 1. The molecule has 1 rings (SSSR count). The van der Waals surface area contributed by atoms with Gasteiger partial charge in [-0.25, -0.2) is 0 Å². The van der Waals surface area contributed by atoms with Crippen LogP contribution >= 0.6 is 0 Å². The molecule has 0 bridgehead atoms. The summed E-state index contributed by atoms with van der Waals surface area (Å²) in [5, 5.41) is 3.57. The Morgan fingerprint density at radius 3 is 2.81 bits per heavy atom. The van der Waals surface area contributed by atoms with Gasteiger partial charge in [0, 0.05) is 19.0 Å². The normalized spacial score (nSPS) is 20.2. The third-order valence-electron chi connectivity index (χ3n) is 3.26. The predicted octanol–water partition coefficient (Wildman–Crippen LogP) is 2.25. The van der Waals surface area contributed by atoms with Crippen molar-refractivity contribution in [3.8, 4) is 12.3 Å². The standard InChI is InChI=1S/C14H26N2/c1-3-5-7-12-16(11-6-4-2)13-14-9-8-10-15-14/h1,14-15H,4-13H2,2H3. The van der Waals surface area contributed by atoms with E-state index in [2.05, 4.69) is 23.1 Å². The van der Waals surface area contributed by atoms with Crippen LogP contribution in [-0.4, -0.2) is 37.1 Å². The summed E-state index contributed by atoms with van der Waals surface area (Å²) in [5.41, 5.74) is 0. The lowest BCUT2D eigenvalue weighted by Crippen LogP contribution is -2.38. The molecular formula is C14H26N2. The lowest BCUT2D eigenvalue weighted by atomic mass is 10.2. The van der Waals surface area contributed by atoms with Crippen molar-refractivity contribution >= 4 is 0 Å². The fourth-order valence-corrected chi connectivity index (χ4v) is 2.31. The second-order valence-corrected chi connectivity index (χ2v) is 4.76. The molecule has 1 unspecified atom stereocenters. The lowest BCUT2D eigenvalue weighted by Gasteiger charge is -2.25. The van der Waals surface area contributed by atoms with Crippen LogP contribution in [0.5, 0.6) is 0 Å². The van der Waals surface area contributed by atoms with Crippen LogP contribution < -0.4 is 5.32 Å². The van der Waals surface area contributed by atoms with Crippen molar-refractivity contribution in [2.45, 2.75) is 51.5 Å². The van der Waals surface area contributed by atoms with E-state index in [9.17, 15) is 0 Å². The van der Waals surface area contributed by atoms with Gasteiger partial charge in [0.05, 0.1) is 0 Å². The van der Waals surface area contributed by atoms with E-state index in [0.29, 0.717) is 0 Å². The van der Waals surface area contributed by atoms with Crippen molar-refractivity contribution < 1.29 is 0 Å². The van der Waals surface area contributed by atoms with Gasteiger partial charge in [-0.1, -0.05) is 13.3 Å². The Balaban J connectivity index is 2.21. The first-order valence-corrected chi connectivity index (χ1v) is 6.76. The monoisotopic (exact) mass is 222 g/mol. The maximum Gasteiger partial charge on any atom is 0.0195 e. The van der Waals surface area contributed by atoms with Gasteiger partial charge in [0.1, 0.15) is 0 Å². The van der Waals surface area contributed by atoms with E-state index < -0.39 is 0 Å². The van der Waals surface area contributed by atoms with E-state index in [4.69, 9.17) is 6.42 Å². The molecule has 0 saturated carbocycles. The van der Waals surface area contributed by atoms with Gasteiger partial charge >= 0.3 is 0 Å². The average Bonchev–Trinajstić information content (AvgIpc) is 2.78. The van der Waals surface area contributed by atoms with E-state index >= 15 is 0 Å². The quantitative estimate of drug-likeness (QED) is 0.500. The predicted molar refractivity (Wildman–Crippen MR) is 70.4 cm³/mol. The fraction of sp³-hybridized carbons (Fsp3) is 0.857. The first-order valence-electron chi connectivity index (χ1n) is 6.76. The van der Waals surface area contributed by atoms with Gasteiger partial charge in [-0.15, -0.1) is 12.3 Å². The zero-order valence-corrected chi connectivity index (χ0v) is 10.7. The van der Waals surface area contributed by atoms with Crippen LogP contribution in [0, 0.1) is 12.3 Å². The Morgan fingerprint density at radius 2 is 2.19 bits per heavy atom. The molecule has 2 heteroatoms. The highest BCUT2D eigenvalue weighted by Crippen LogP contribution is 2.08. The summed E-state index contributed by atoms with van der Waals surface area (Å²) in [6, 6.07) is 0.725. The molecule has 0 spiro atoms. The van der Waals surface area contributed by atoms with Crippen molar-refractivity contribution in [1.82, 2.24) is 10.2 Å². The van der Waals surface area contributed by atoms with Gasteiger partial charge in [0.25, 0.3) is 0 Å². The summed E-state index contributed by atoms with van der Waals surface area (Å²) in [6.45, 7) is 7.08. The van der Waals surface area contributed by atoms with Crippen LogP contribution in [0.3, 0.4) is 0 Å². The summed E-state index contributed by atoms with van der Waals surface area (Å²) in [7, 11) is 0. The molecule has 0 aliphatic carbocycles. The molecule has 1 fully saturated rings. The Hall–Kier alpha value is -0.520. The summed E-state index contributed by atoms with van der Waals surface area (Å²) in [6.07, 6.45) is 12.6. The minimum absolute atomic E-state index is 0.725. The molecule has 0 amide bonds. The summed E-state index contributed by atoms with van der Waals surface area (Å²) in [5.74, 6) is 2.73. The van der Waals surface area contributed by atoms with E-state index in [-0.39, 0.29) is 0 Å². The minimum atomic E-state index is 0.725. The van der Waals surface area contributed by atoms with E-state index in [1.807, 2.05) is 0 Å². The topological polar surface area (TPSA) is 15.3 Å². The molecule has 1 saturated heterocycles. The molecule has 92 valence electrons. The van der Waals surface area contributed by atoms with Gasteiger partial charge in [0.2, 0.25) is 0 Å². The number of rotatable bonds is 8. The highest BCUT2D eigenvalue weighted by Gasteiger charge is 2.17. The highest BCUT2D eigenvalue weighted by atomic mass is 15.1. The molecule has 0 radical (unpaired) electrons. The molecule has 1 N–H and O–H groups in total. The fourth-order valence-electron chi connectivity index (χ4n) is 2.31. The van der Waals surface area contributed by atoms with E-state index in [1.54, 1.807) is 0 Å². The number of unbranched alkanes of at least 4 members (excludes halogenated alkanes) is 2. The van der Waals surface area contributed by atoms with Crippen LogP contribution in [0.15, 0.2) is 0 Å². The second kappa shape index (κ2) is 8.61. The Labute approximate surface area is 101 Å². The summed E-state index contributed by atoms with van der Waals surface area (Å²) >= 11 is 0. The van der Waals surface area contributed by atoms with Crippen molar-refractivity contribution in [1.29, 1.82) is 0 Å². The number of nitrogens with zero attached hydrogens (tertiary/aromatic N) is 1. The Kier molecular flexibility index (Phi) is 7.29. The molecule has 1 aliphatic heterocycles. The van der Waals surface area contributed by atoms with Crippen LogP contribution in [0.4, 0.5) is 0 Å². The zero-order chi connectivity index (χ0) is 11.6. The molecule has 0 aromatic carbocycles. The van der Waals surface area contributed by atoms with Crippen LogP contribution in [0.25, 0.3) is 0 Å². The number of hydrogen-bond donors (Lipinski definition) is 1. The highest BCUT2D eigenvalue weighted by molar-refractivity contribution is 4.84. The first-order chi connectivity index (χ1) is 7.86. The summed E-state index contributed by atoms with van der Waals surface area (Å²) < 4.78 is 0. The van der Waals surface area contributed by atoms with Crippen molar-refractivity contribution in [2.75, 3.05) is 26.2 Å². The van der Waals surface area contributed by atoms with Crippen LogP contribution in [0.2, 0.25) is 0 Å². The van der Waals surface area contributed by atoms with Crippen molar-refractivity contribution in [3.05, 3.63) is 0 Å². The van der Waals surface area contributed by atoms with Gasteiger partial charge < -0.3 is 10.2 Å². The smallest absolute Gasteiger partial charge is 0.0195 e. The maximum atomic E-state index is 5.30. The average molecular weight is 222 g/mol. The third-order valence-corrected chi connectivity index (χ3v) is 3.26. The van der Waals surface area contributed by atoms with E-state index in [1.165, 1.54) is 51.9 Å². The zero-order valence-electron chi connectivity index (χ0n) is 10.7. The molecule has 1 aliphatic rings. The van der Waals surface area contributed by atoms with Crippen LogP contribution in [0.1, 0.15) is 45.4 Å². The van der Waals surface area contributed by atoms with Crippen LogP contribution in [-0.2, 0) is 0 Å². The summed E-state index contributed by atoms with van der Waals surface area (Å²) in [4.78, 5) is 2.59. The number of nitrogens with one attached hydrogen (secondary N) is 1. The molecule has 16 heavy (non-hydrogen) atoms. The van der Waals surface area contributed by atoms with Gasteiger partial charge in [-0.3, -0.25) is 0 Å².